The summed E-state index contributed by atoms with van der Waals surface area (Å²) in [5.74, 6) is -2.10. The van der Waals surface area contributed by atoms with Crippen molar-refractivity contribution in [3.8, 4) is 0 Å². The molecule has 1 aromatic rings. The highest BCUT2D eigenvalue weighted by atomic mass is 16.6. The molecule has 1 aromatic carbocycles. The molecule has 1 atom stereocenters. The predicted molar refractivity (Wildman–Crippen MR) is 114 cm³/mol. The van der Waals surface area contributed by atoms with Crippen molar-refractivity contribution in [1.29, 1.82) is 0 Å². The number of ether oxygens (including phenoxy) is 2. The molecule has 1 N–H and O–H groups in total. The monoisotopic (exact) mass is 430 g/mol. The zero-order valence-electron chi connectivity index (χ0n) is 18.2. The fourth-order valence-corrected chi connectivity index (χ4v) is 3.14. The molecule has 166 valence electrons. The first-order chi connectivity index (χ1) is 14.7. The van der Waals surface area contributed by atoms with E-state index < -0.39 is 22.8 Å². The molecular formula is C21H26N4O6. The summed E-state index contributed by atoms with van der Waals surface area (Å²) < 4.78 is 10.4. The summed E-state index contributed by atoms with van der Waals surface area (Å²) in [4.78, 5) is 42.6. The van der Waals surface area contributed by atoms with E-state index in [0.717, 1.165) is 0 Å². The Morgan fingerprint density at radius 1 is 1.19 bits per heavy atom. The molecule has 1 heterocycles. The predicted octanol–water partition coefficient (Wildman–Crippen LogP) is 2.48. The van der Waals surface area contributed by atoms with Crippen LogP contribution in [0, 0.1) is 10.1 Å². The number of hydrogen-bond donors (Lipinski definition) is 1. The van der Waals surface area contributed by atoms with Crippen molar-refractivity contribution < 1.29 is 24.0 Å². The first kappa shape index (κ1) is 23.6. The van der Waals surface area contributed by atoms with Crippen LogP contribution in [0.3, 0.4) is 0 Å². The minimum absolute atomic E-state index is 0.0640. The van der Waals surface area contributed by atoms with Crippen LogP contribution in [0.25, 0.3) is 0 Å². The summed E-state index contributed by atoms with van der Waals surface area (Å²) in [7, 11) is 3.53. The number of nitro groups is 1. The smallest absolute Gasteiger partial charge is 0.338 e. The largest absolute Gasteiger partial charge is 0.463 e. The lowest BCUT2D eigenvalue weighted by Gasteiger charge is -2.30. The van der Waals surface area contributed by atoms with E-state index in [4.69, 9.17) is 9.47 Å². The highest BCUT2D eigenvalue weighted by molar-refractivity contribution is 6.00. The summed E-state index contributed by atoms with van der Waals surface area (Å²) in [6.45, 7) is 5.21. The molecule has 0 aliphatic carbocycles. The molecule has 0 saturated carbocycles. The van der Waals surface area contributed by atoms with E-state index >= 15 is 0 Å². The molecule has 0 fully saturated rings. The Morgan fingerprint density at radius 2 is 1.81 bits per heavy atom. The second-order valence-corrected chi connectivity index (χ2v) is 6.86. The van der Waals surface area contributed by atoms with E-state index in [1.807, 2.05) is 0 Å². The van der Waals surface area contributed by atoms with Gasteiger partial charge in [-0.1, -0.05) is 12.1 Å². The van der Waals surface area contributed by atoms with Gasteiger partial charge in [-0.3, -0.25) is 10.1 Å². The van der Waals surface area contributed by atoms with E-state index in [9.17, 15) is 19.7 Å². The number of nitrogens with one attached hydrogen (secondary N) is 1. The average Bonchev–Trinajstić information content (AvgIpc) is 2.71. The second kappa shape index (κ2) is 10.4. The standard InChI is InChI=1S/C21H26N4O6/c1-6-30-20(26)16-13(3)23-19(22-12-24(4)5)18(21(27)31-7-2)17(16)14-9-8-10-15(11-14)25(28)29/h8-12,17,23H,6-7H2,1-5H3. The number of carbonyl (C=O) groups excluding carboxylic acids is 2. The van der Waals surface area contributed by atoms with E-state index in [1.165, 1.54) is 24.5 Å². The number of rotatable bonds is 8. The molecule has 0 amide bonds. The maximum absolute atomic E-state index is 13.0. The highest BCUT2D eigenvalue weighted by Gasteiger charge is 2.39. The maximum Gasteiger partial charge on any atom is 0.338 e. The summed E-state index contributed by atoms with van der Waals surface area (Å²) in [5.41, 5.74) is 0.856. The van der Waals surface area contributed by atoms with Crippen LogP contribution in [0.5, 0.6) is 0 Å². The summed E-state index contributed by atoms with van der Waals surface area (Å²) >= 11 is 0. The van der Waals surface area contributed by atoms with Crippen LogP contribution in [0.15, 0.2) is 51.9 Å². The van der Waals surface area contributed by atoms with Gasteiger partial charge in [-0.2, -0.15) is 0 Å². The van der Waals surface area contributed by atoms with Crippen LogP contribution in [-0.4, -0.2) is 55.4 Å². The molecule has 0 saturated heterocycles. The summed E-state index contributed by atoms with van der Waals surface area (Å²) in [6, 6.07) is 5.78. The van der Waals surface area contributed by atoms with Crippen LogP contribution in [-0.2, 0) is 19.1 Å². The Bertz CT molecular complexity index is 964. The lowest BCUT2D eigenvalue weighted by atomic mass is 9.81. The molecule has 2 rings (SSSR count). The average molecular weight is 430 g/mol. The lowest BCUT2D eigenvalue weighted by Crippen LogP contribution is -2.33. The van der Waals surface area contributed by atoms with Gasteiger partial charge in [-0.05, 0) is 26.3 Å². The fraction of sp³-hybridized carbons (Fsp3) is 0.381. The number of hydrogen-bond acceptors (Lipinski definition) is 8. The number of esters is 2. The van der Waals surface area contributed by atoms with Gasteiger partial charge in [0.1, 0.15) is 5.82 Å². The molecule has 10 heteroatoms. The number of benzene rings is 1. The van der Waals surface area contributed by atoms with Gasteiger partial charge in [0.2, 0.25) is 0 Å². The van der Waals surface area contributed by atoms with E-state index in [-0.39, 0.29) is 35.9 Å². The van der Waals surface area contributed by atoms with Crippen LogP contribution in [0.4, 0.5) is 5.69 Å². The molecule has 0 radical (unpaired) electrons. The minimum Gasteiger partial charge on any atom is -0.463 e. The summed E-state index contributed by atoms with van der Waals surface area (Å²) in [5, 5.41) is 14.3. The second-order valence-electron chi connectivity index (χ2n) is 6.86. The molecule has 1 aliphatic heterocycles. The van der Waals surface area contributed by atoms with Gasteiger partial charge in [0.05, 0.1) is 41.5 Å². The van der Waals surface area contributed by atoms with Crippen molar-refractivity contribution in [2.75, 3.05) is 27.3 Å². The topological polar surface area (TPSA) is 123 Å². The molecule has 1 aliphatic rings. The van der Waals surface area contributed by atoms with Gasteiger partial charge in [-0.25, -0.2) is 14.6 Å². The molecule has 0 spiro atoms. The van der Waals surface area contributed by atoms with Gasteiger partial charge < -0.3 is 19.7 Å². The molecule has 10 nitrogen and oxygen atoms in total. The zero-order valence-corrected chi connectivity index (χ0v) is 18.2. The van der Waals surface area contributed by atoms with Crippen molar-refractivity contribution in [2.24, 2.45) is 4.99 Å². The SMILES string of the molecule is CCOC(=O)C1=C(C)NC(N=CN(C)C)=C(C(=O)OCC)C1c1cccc([N+](=O)[O-])c1. The molecule has 1 unspecified atom stereocenters. The molecule has 31 heavy (non-hydrogen) atoms. The Labute approximate surface area is 180 Å². The zero-order chi connectivity index (χ0) is 23.1. The molecular weight excluding hydrogens is 404 g/mol. The first-order valence-corrected chi connectivity index (χ1v) is 9.72. The van der Waals surface area contributed by atoms with Crippen molar-refractivity contribution in [1.82, 2.24) is 10.2 Å². The van der Waals surface area contributed by atoms with Crippen molar-refractivity contribution in [3.05, 3.63) is 62.6 Å². The summed E-state index contributed by atoms with van der Waals surface area (Å²) in [6.07, 6.45) is 1.49. The van der Waals surface area contributed by atoms with E-state index in [1.54, 1.807) is 45.8 Å². The Morgan fingerprint density at radius 3 is 2.35 bits per heavy atom. The van der Waals surface area contributed by atoms with E-state index in [0.29, 0.717) is 11.3 Å². The number of nitro benzene ring substituents is 1. The van der Waals surface area contributed by atoms with Crippen molar-refractivity contribution >= 4 is 24.0 Å². The number of non-ortho nitro benzene ring substituents is 1. The quantitative estimate of drug-likeness (QED) is 0.219. The lowest BCUT2D eigenvalue weighted by molar-refractivity contribution is -0.384. The van der Waals surface area contributed by atoms with Gasteiger partial charge in [0, 0.05) is 31.9 Å². The number of dihydropyridines is 1. The highest BCUT2D eigenvalue weighted by Crippen LogP contribution is 2.40. The third-order valence-corrected chi connectivity index (χ3v) is 4.37. The number of allylic oxidation sites excluding steroid dienone is 1. The van der Waals surface area contributed by atoms with Crippen LogP contribution >= 0.6 is 0 Å². The first-order valence-electron chi connectivity index (χ1n) is 9.72. The Kier molecular flexibility index (Phi) is 7.89. The van der Waals surface area contributed by atoms with E-state index in [2.05, 4.69) is 10.3 Å². The third-order valence-electron chi connectivity index (χ3n) is 4.37. The Balaban J connectivity index is 2.80. The van der Waals surface area contributed by atoms with Gasteiger partial charge in [-0.15, -0.1) is 0 Å². The molecule has 0 bridgehead atoms. The number of nitrogens with zero attached hydrogens (tertiary/aromatic N) is 3. The molecule has 0 aromatic heterocycles. The van der Waals surface area contributed by atoms with Crippen molar-refractivity contribution in [3.63, 3.8) is 0 Å². The maximum atomic E-state index is 13.0. The van der Waals surface area contributed by atoms with Crippen molar-refractivity contribution in [2.45, 2.75) is 26.7 Å². The van der Waals surface area contributed by atoms with Crippen LogP contribution in [0.2, 0.25) is 0 Å². The van der Waals surface area contributed by atoms with Gasteiger partial charge in [0.15, 0.2) is 0 Å². The number of carbonyl (C=O) groups is 2. The number of aliphatic imine (C=N–C) groups is 1. The van der Waals surface area contributed by atoms with Gasteiger partial charge in [0.25, 0.3) is 5.69 Å². The normalized spacial score (nSPS) is 16.2. The Hall–Kier alpha value is -3.69. The van der Waals surface area contributed by atoms with Crippen LogP contribution < -0.4 is 5.32 Å². The third kappa shape index (κ3) is 5.47. The van der Waals surface area contributed by atoms with Crippen LogP contribution in [0.1, 0.15) is 32.3 Å². The fourth-order valence-electron chi connectivity index (χ4n) is 3.14. The minimum atomic E-state index is -0.964. The van der Waals surface area contributed by atoms with Gasteiger partial charge >= 0.3 is 11.9 Å².